The molecule has 2 amide bonds. The number of anilines is 1. The maximum Gasteiger partial charge on any atom is 0.256 e. The third-order valence-corrected chi connectivity index (χ3v) is 6.52. The van der Waals surface area contributed by atoms with Crippen LogP contribution in [0.15, 0.2) is 66.7 Å². The Hall–Kier alpha value is -4.00. The van der Waals surface area contributed by atoms with Crippen molar-refractivity contribution in [1.29, 1.82) is 0 Å². The van der Waals surface area contributed by atoms with Crippen molar-refractivity contribution in [2.24, 2.45) is 0 Å². The molecule has 188 valence electrons. The molecule has 7 nitrogen and oxygen atoms in total. The lowest BCUT2D eigenvalue weighted by atomic mass is 10.1. The van der Waals surface area contributed by atoms with Crippen molar-refractivity contribution in [2.45, 2.75) is 32.5 Å². The lowest BCUT2D eigenvalue weighted by Crippen LogP contribution is -2.37. The summed E-state index contributed by atoms with van der Waals surface area (Å²) in [5.74, 6) is 1.34. The van der Waals surface area contributed by atoms with Gasteiger partial charge >= 0.3 is 0 Å². The highest BCUT2D eigenvalue weighted by molar-refractivity contribution is 5.99. The van der Waals surface area contributed by atoms with E-state index >= 15 is 0 Å². The first kappa shape index (κ1) is 25.1. The molecule has 0 bridgehead atoms. The van der Waals surface area contributed by atoms with Gasteiger partial charge in [0.05, 0.1) is 14.2 Å². The van der Waals surface area contributed by atoms with Gasteiger partial charge in [-0.05, 0) is 68.3 Å². The summed E-state index contributed by atoms with van der Waals surface area (Å²) in [6.45, 7) is 4.59. The van der Waals surface area contributed by atoms with E-state index < -0.39 is 0 Å². The zero-order valence-electron chi connectivity index (χ0n) is 21.4. The SMILES string of the molecule is COc1ccc(CCN(C)C(=O)c2ccc(NC3c4ccccc4C(=O)N3C(C)C)cc2)cc1OC. The molecule has 0 fully saturated rings. The number of methoxy groups -OCH3 is 2. The van der Waals surface area contributed by atoms with Crippen LogP contribution in [0.1, 0.15) is 51.9 Å². The number of nitrogens with one attached hydrogen (secondary N) is 1. The molecule has 0 radical (unpaired) electrons. The van der Waals surface area contributed by atoms with Crippen molar-refractivity contribution in [3.05, 3.63) is 89.0 Å². The van der Waals surface area contributed by atoms with Crippen molar-refractivity contribution in [3.63, 3.8) is 0 Å². The molecule has 1 atom stereocenters. The largest absolute Gasteiger partial charge is 0.493 e. The lowest BCUT2D eigenvalue weighted by molar-refractivity contribution is 0.0684. The number of nitrogens with zero attached hydrogens (tertiary/aromatic N) is 2. The van der Waals surface area contributed by atoms with E-state index in [0.29, 0.717) is 30.0 Å². The number of amides is 2. The van der Waals surface area contributed by atoms with Crippen LogP contribution in [0.4, 0.5) is 5.69 Å². The van der Waals surface area contributed by atoms with E-state index in [1.165, 1.54) is 0 Å². The van der Waals surface area contributed by atoms with Gasteiger partial charge in [-0.15, -0.1) is 0 Å². The maximum absolute atomic E-state index is 13.0. The Morgan fingerprint density at radius 1 is 1.00 bits per heavy atom. The van der Waals surface area contributed by atoms with Crippen LogP contribution in [0.2, 0.25) is 0 Å². The summed E-state index contributed by atoms with van der Waals surface area (Å²) in [5.41, 5.74) is 4.21. The number of rotatable bonds is 9. The van der Waals surface area contributed by atoms with Crippen LogP contribution < -0.4 is 14.8 Å². The Labute approximate surface area is 212 Å². The van der Waals surface area contributed by atoms with Crippen LogP contribution in [-0.4, -0.2) is 55.5 Å². The first-order chi connectivity index (χ1) is 17.3. The van der Waals surface area contributed by atoms with Crippen LogP contribution in [0, 0.1) is 0 Å². The molecule has 1 N–H and O–H groups in total. The van der Waals surface area contributed by atoms with Gasteiger partial charge in [0.25, 0.3) is 11.8 Å². The van der Waals surface area contributed by atoms with Crippen LogP contribution in [-0.2, 0) is 6.42 Å². The molecule has 0 spiro atoms. The number of benzene rings is 3. The molecular weight excluding hydrogens is 454 g/mol. The maximum atomic E-state index is 13.0. The number of ether oxygens (including phenoxy) is 2. The summed E-state index contributed by atoms with van der Waals surface area (Å²) in [7, 11) is 5.02. The van der Waals surface area contributed by atoms with Gasteiger partial charge in [0.1, 0.15) is 6.17 Å². The van der Waals surface area contributed by atoms with Crippen LogP contribution in [0.25, 0.3) is 0 Å². The van der Waals surface area contributed by atoms with Gasteiger partial charge in [-0.3, -0.25) is 9.59 Å². The number of carbonyl (C=O) groups excluding carboxylic acids is 2. The summed E-state index contributed by atoms with van der Waals surface area (Å²) < 4.78 is 10.7. The summed E-state index contributed by atoms with van der Waals surface area (Å²) in [6, 6.07) is 20.9. The number of carbonyl (C=O) groups is 2. The molecule has 0 aliphatic carbocycles. The van der Waals surface area contributed by atoms with Crippen LogP contribution in [0.3, 0.4) is 0 Å². The molecule has 3 aromatic carbocycles. The Kier molecular flexibility index (Phi) is 7.48. The smallest absolute Gasteiger partial charge is 0.256 e. The van der Waals surface area contributed by atoms with E-state index in [0.717, 1.165) is 22.4 Å². The zero-order chi connectivity index (χ0) is 25.8. The Morgan fingerprint density at radius 3 is 2.36 bits per heavy atom. The predicted molar refractivity (Wildman–Crippen MR) is 141 cm³/mol. The highest BCUT2D eigenvalue weighted by atomic mass is 16.5. The monoisotopic (exact) mass is 487 g/mol. The summed E-state index contributed by atoms with van der Waals surface area (Å²) in [6.07, 6.45) is 0.446. The van der Waals surface area contributed by atoms with Gasteiger partial charge in [0.2, 0.25) is 0 Å². The summed E-state index contributed by atoms with van der Waals surface area (Å²) in [4.78, 5) is 29.5. The van der Waals surface area contributed by atoms with E-state index in [9.17, 15) is 9.59 Å². The van der Waals surface area contributed by atoms with Crippen molar-refractivity contribution in [1.82, 2.24) is 9.80 Å². The van der Waals surface area contributed by atoms with Crippen molar-refractivity contribution in [3.8, 4) is 11.5 Å². The summed E-state index contributed by atoms with van der Waals surface area (Å²) >= 11 is 0. The van der Waals surface area contributed by atoms with Gasteiger partial charge in [-0.1, -0.05) is 24.3 Å². The molecule has 1 aliphatic rings. The second-order valence-corrected chi connectivity index (χ2v) is 9.18. The molecule has 7 heteroatoms. The van der Waals surface area contributed by atoms with E-state index in [4.69, 9.17) is 9.47 Å². The van der Waals surface area contributed by atoms with Crippen LogP contribution >= 0.6 is 0 Å². The fourth-order valence-electron chi connectivity index (χ4n) is 4.54. The molecule has 1 unspecified atom stereocenters. The molecule has 0 saturated heterocycles. The minimum absolute atomic E-state index is 0.0287. The fourth-order valence-corrected chi connectivity index (χ4v) is 4.54. The first-order valence-electron chi connectivity index (χ1n) is 12.1. The molecule has 0 saturated carbocycles. The van der Waals surface area contributed by atoms with Gasteiger partial charge in [-0.2, -0.15) is 0 Å². The van der Waals surface area contributed by atoms with Gasteiger partial charge < -0.3 is 24.6 Å². The van der Waals surface area contributed by atoms with Gasteiger partial charge in [0.15, 0.2) is 11.5 Å². The second kappa shape index (κ2) is 10.7. The fraction of sp³-hybridized carbons (Fsp3) is 0.310. The van der Waals surface area contributed by atoms with E-state index in [1.54, 1.807) is 26.2 Å². The van der Waals surface area contributed by atoms with E-state index in [-0.39, 0.29) is 24.0 Å². The van der Waals surface area contributed by atoms with Crippen LogP contribution in [0.5, 0.6) is 11.5 Å². The van der Waals surface area contributed by atoms with Gasteiger partial charge in [0, 0.05) is 42.0 Å². The third kappa shape index (κ3) is 5.00. The lowest BCUT2D eigenvalue weighted by Gasteiger charge is -2.30. The summed E-state index contributed by atoms with van der Waals surface area (Å²) in [5, 5.41) is 3.48. The predicted octanol–water partition coefficient (Wildman–Crippen LogP) is 4.99. The molecular formula is C29H33N3O4. The third-order valence-electron chi connectivity index (χ3n) is 6.52. The average molecular weight is 488 g/mol. The number of hydrogen-bond acceptors (Lipinski definition) is 5. The quantitative estimate of drug-likeness (QED) is 0.460. The minimum Gasteiger partial charge on any atom is -0.493 e. The van der Waals surface area contributed by atoms with Crippen molar-refractivity contribution < 1.29 is 19.1 Å². The van der Waals surface area contributed by atoms with Crippen molar-refractivity contribution in [2.75, 3.05) is 33.1 Å². The van der Waals surface area contributed by atoms with E-state index in [2.05, 4.69) is 5.32 Å². The molecule has 1 aliphatic heterocycles. The average Bonchev–Trinajstić information content (AvgIpc) is 3.18. The molecule has 1 heterocycles. The normalized spacial score (nSPS) is 14.6. The topological polar surface area (TPSA) is 71.1 Å². The number of likely N-dealkylation sites (N-methyl/N-ethyl adjacent to an activating group) is 1. The Bertz CT molecular complexity index is 1240. The van der Waals surface area contributed by atoms with Gasteiger partial charge in [-0.25, -0.2) is 0 Å². The Balaban J connectivity index is 1.41. The van der Waals surface area contributed by atoms with Crippen molar-refractivity contribution >= 4 is 17.5 Å². The number of fused-ring (bicyclic) bond motifs is 1. The first-order valence-corrected chi connectivity index (χ1v) is 12.1. The minimum atomic E-state index is -0.251. The molecule has 0 aromatic heterocycles. The zero-order valence-corrected chi connectivity index (χ0v) is 21.4. The number of hydrogen-bond donors (Lipinski definition) is 1. The Morgan fingerprint density at radius 2 is 1.69 bits per heavy atom. The standard InChI is InChI=1S/C29H33N3O4/c1-19(2)32-27(23-8-6-7-9-24(23)29(32)34)30-22-13-11-21(12-14-22)28(33)31(3)17-16-20-10-15-25(35-4)26(18-20)36-5/h6-15,18-19,27,30H,16-17H2,1-5H3. The molecule has 3 aromatic rings. The highest BCUT2D eigenvalue weighted by Crippen LogP contribution is 2.35. The molecule has 4 rings (SSSR count). The van der Waals surface area contributed by atoms with E-state index in [1.807, 2.05) is 85.5 Å². The highest BCUT2D eigenvalue weighted by Gasteiger charge is 2.37. The molecule has 36 heavy (non-hydrogen) atoms. The second-order valence-electron chi connectivity index (χ2n) is 9.18.